The Morgan fingerprint density at radius 1 is 1.17 bits per heavy atom. The average molecular weight is 412 g/mol. The van der Waals surface area contributed by atoms with Crippen molar-refractivity contribution in [2.75, 3.05) is 40.3 Å². The topological polar surface area (TPSA) is 40.3 Å². The van der Waals surface area contributed by atoms with Crippen LogP contribution in [0.15, 0.2) is 36.4 Å². The van der Waals surface area contributed by atoms with E-state index in [9.17, 15) is 0 Å². The minimum atomic E-state index is 0.642. The van der Waals surface area contributed by atoms with Gasteiger partial charge in [-0.25, -0.2) is 0 Å². The Morgan fingerprint density at radius 2 is 1.97 bits per heavy atom. The zero-order valence-corrected chi connectivity index (χ0v) is 18.3. The van der Waals surface area contributed by atoms with Gasteiger partial charge in [0.05, 0.1) is 12.8 Å². The van der Waals surface area contributed by atoms with Gasteiger partial charge in [-0.05, 0) is 87.3 Å². The lowest BCUT2D eigenvalue weighted by Gasteiger charge is -2.32. The first-order valence-corrected chi connectivity index (χ1v) is 10.8. The Labute approximate surface area is 178 Å². The maximum atomic E-state index is 6.27. The van der Waals surface area contributed by atoms with Crippen molar-refractivity contribution in [3.8, 4) is 17.0 Å². The van der Waals surface area contributed by atoms with Gasteiger partial charge in [0, 0.05) is 34.6 Å². The number of likely N-dealkylation sites (tertiary alicyclic amines) is 1. The molecule has 1 saturated heterocycles. The summed E-state index contributed by atoms with van der Waals surface area (Å²) in [7, 11) is 3.72. The molecule has 1 aliphatic heterocycles. The Kier molecular flexibility index (Phi) is 6.14. The number of likely N-dealkylation sites (N-methyl/N-ethyl adjacent to an activating group) is 1. The highest BCUT2D eigenvalue weighted by Gasteiger charge is 2.21. The fraction of sp³-hybridized carbons (Fsp3) is 0.417. The molecule has 1 fully saturated rings. The van der Waals surface area contributed by atoms with E-state index in [0.29, 0.717) is 10.9 Å². The van der Waals surface area contributed by atoms with Crippen LogP contribution < -0.4 is 10.1 Å². The van der Waals surface area contributed by atoms with E-state index in [1.807, 2.05) is 25.2 Å². The molecule has 0 aliphatic carbocycles. The van der Waals surface area contributed by atoms with E-state index in [2.05, 4.69) is 40.3 Å². The number of nitrogens with one attached hydrogen (secondary N) is 2. The number of benzene rings is 2. The number of hydrogen-bond donors (Lipinski definition) is 2. The second kappa shape index (κ2) is 8.78. The molecule has 0 saturated carbocycles. The van der Waals surface area contributed by atoms with Crippen LogP contribution in [-0.4, -0.2) is 50.2 Å². The number of ether oxygens (including phenoxy) is 1. The molecule has 2 heterocycles. The number of aromatic amines is 1. The Morgan fingerprint density at radius 3 is 2.69 bits per heavy atom. The molecule has 0 atom stereocenters. The summed E-state index contributed by atoms with van der Waals surface area (Å²) in [5, 5.41) is 5.25. The van der Waals surface area contributed by atoms with E-state index in [-0.39, 0.29) is 0 Å². The summed E-state index contributed by atoms with van der Waals surface area (Å²) in [5.74, 6) is 1.47. The Balaban J connectivity index is 1.61. The molecule has 0 bridgehead atoms. The number of halogens is 1. The highest BCUT2D eigenvalue weighted by Crippen LogP contribution is 2.38. The summed E-state index contributed by atoms with van der Waals surface area (Å²) in [4.78, 5) is 6.15. The molecule has 2 aromatic carbocycles. The maximum Gasteiger partial charge on any atom is 0.128 e. The predicted octanol–water partition coefficient (Wildman–Crippen LogP) is 5.20. The molecule has 3 aromatic rings. The van der Waals surface area contributed by atoms with Crippen molar-refractivity contribution in [2.45, 2.75) is 25.7 Å². The van der Waals surface area contributed by atoms with Gasteiger partial charge in [0.2, 0.25) is 0 Å². The van der Waals surface area contributed by atoms with Gasteiger partial charge in [-0.1, -0.05) is 17.7 Å². The minimum absolute atomic E-state index is 0.642. The van der Waals surface area contributed by atoms with Crippen molar-refractivity contribution in [1.82, 2.24) is 15.2 Å². The normalized spacial score (nSPS) is 15.9. The molecule has 4 nitrogen and oxygen atoms in total. The van der Waals surface area contributed by atoms with Crippen molar-refractivity contribution < 1.29 is 4.74 Å². The minimum Gasteiger partial charge on any atom is -0.496 e. The summed E-state index contributed by atoms with van der Waals surface area (Å²) >= 11 is 6.27. The van der Waals surface area contributed by atoms with Gasteiger partial charge in [-0.15, -0.1) is 0 Å². The van der Waals surface area contributed by atoms with Crippen LogP contribution in [0.3, 0.4) is 0 Å². The Hall–Kier alpha value is -2.01. The van der Waals surface area contributed by atoms with E-state index in [4.69, 9.17) is 16.3 Å². The van der Waals surface area contributed by atoms with Crippen molar-refractivity contribution in [3.63, 3.8) is 0 Å². The van der Waals surface area contributed by atoms with Gasteiger partial charge in [0.1, 0.15) is 5.75 Å². The molecule has 5 heteroatoms. The first-order chi connectivity index (χ1) is 14.1. The lowest BCUT2D eigenvalue weighted by molar-refractivity contribution is 0.214. The highest BCUT2D eigenvalue weighted by atomic mass is 35.5. The summed E-state index contributed by atoms with van der Waals surface area (Å²) in [5.41, 5.74) is 5.95. The van der Waals surface area contributed by atoms with Crippen LogP contribution in [-0.2, 0) is 0 Å². The molecule has 2 N–H and O–H groups in total. The van der Waals surface area contributed by atoms with Crippen LogP contribution >= 0.6 is 11.6 Å². The smallest absolute Gasteiger partial charge is 0.128 e. The van der Waals surface area contributed by atoms with E-state index in [1.54, 1.807) is 7.11 Å². The van der Waals surface area contributed by atoms with Gasteiger partial charge in [0.15, 0.2) is 0 Å². The Bertz CT molecular complexity index is 989. The molecular formula is C24H30ClN3O. The molecule has 0 unspecified atom stereocenters. The predicted molar refractivity (Wildman–Crippen MR) is 122 cm³/mol. The fourth-order valence-electron chi connectivity index (χ4n) is 4.50. The fourth-order valence-corrected chi connectivity index (χ4v) is 4.67. The molecule has 154 valence electrons. The number of nitrogens with zero attached hydrogens (tertiary/aromatic N) is 1. The molecule has 4 rings (SSSR count). The summed E-state index contributed by atoms with van der Waals surface area (Å²) in [6.07, 6.45) is 2.46. The zero-order valence-electron chi connectivity index (χ0n) is 17.5. The van der Waals surface area contributed by atoms with Crippen LogP contribution in [0.25, 0.3) is 22.2 Å². The van der Waals surface area contributed by atoms with Gasteiger partial charge in [-0.2, -0.15) is 0 Å². The van der Waals surface area contributed by atoms with E-state index in [1.165, 1.54) is 42.4 Å². The van der Waals surface area contributed by atoms with Gasteiger partial charge < -0.3 is 19.9 Å². The first kappa shape index (κ1) is 20.3. The van der Waals surface area contributed by atoms with Crippen molar-refractivity contribution in [2.24, 2.45) is 0 Å². The molecule has 0 amide bonds. The first-order valence-electron chi connectivity index (χ1n) is 10.4. The van der Waals surface area contributed by atoms with E-state index >= 15 is 0 Å². The molecule has 1 aliphatic rings. The number of rotatable bonds is 6. The summed E-state index contributed by atoms with van der Waals surface area (Å²) < 4.78 is 5.57. The third kappa shape index (κ3) is 4.16. The van der Waals surface area contributed by atoms with Crippen molar-refractivity contribution in [3.05, 3.63) is 52.5 Å². The summed E-state index contributed by atoms with van der Waals surface area (Å²) in [6.45, 7) is 6.75. The van der Waals surface area contributed by atoms with Crippen LogP contribution in [0.1, 0.15) is 29.9 Å². The monoisotopic (exact) mass is 411 g/mol. The van der Waals surface area contributed by atoms with Crippen molar-refractivity contribution >= 4 is 22.5 Å². The van der Waals surface area contributed by atoms with E-state index < -0.39 is 0 Å². The number of aryl methyl sites for hydroxylation is 1. The molecule has 0 radical (unpaired) electrons. The highest BCUT2D eigenvalue weighted by molar-refractivity contribution is 6.31. The van der Waals surface area contributed by atoms with Crippen molar-refractivity contribution in [1.29, 1.82) is 0 Å². The second-order valence-corrected chi connectivity index (χ2v) is 8.43. The van der Waals surface area contributed by atoms with Gasteiger partial charge in [-0.3, -0.25) is 0 Å². The molecular weight excluding hydrogens is 382 g/mol. The van der Waals surface area contributed by atoms with Crippen LogP contribution in [0.2, 0.25) is 5.02 Å². The number of fused-ring (bicyclic) bond motifs is 1. The largest absolute Gasteiger partial charge is 0.496 e. The van der Waals surface area contributed by atoms with Gasteiger partial charge >= 0.3 is 0 Å². The molecule has 29 heavy (non-hydrogen) atoms. The van der Waals surface area contributed by atoms with Crippen LogP contribution in [0.5, 0.6) is 5.75 Å². The summed E-state index contributed by atoms with van der Waals surface area (Å²) in [6, 6.07) is 12.7. The van der Waals surface area contributed by atoms with Crippen LogP contribution in [0, 0.1) is 6.92 Å². The number of methoxy groups -OCH3 is 1. The number of aromatic nitrogens is 1. The average Bonchev–Trinajstić information content (AvgIpc) is 3.08. The quantitative estimate of drug-likeness (QED) is 0.585. The number of piperidine rings is 1. The third-order valence-electron chi connectivity index (χ3n) is 6.25. The maximum absolute atomic E-state index is 6.27. The second-order valence-electron chi connectivity index (χ2n) is 7.99. The number of H-pyrrole nitrogens is 1. The third-order valence-corrected chi connectivity index (χ3v) is 6.49. The lowest BCUT2D eigenvalue weighted by Crippen LogP contribution is -2.37. The molecule has 0 spiro atoms. The standard InChI is InChI=1S/C24H30ClN3O/c1-16-20-14-18(17-8-11-28(12-9-17)13-10-26-2)4-6-22(20)27-24(16)21-15-19(25)5-7-23(21)29-3/h4-7,14-15,17,26-27H,8-13H2,1-3H3. The lowest BCUT2D eigenvalue weighted by atomic mass is 9.88. The van der Waals surface area contributed by atoms with E-state index in [0.717, 1.165) is 35.6 Å². The SMILES string of the molecule is CNCCN1CCC(c2ccc3[nH]c(-c4cc(Cl)ccc4OC)c(C)c3c2)CC1. The number of hydrogen-bond acceptors (Lipinski definition) is 3. The van der Waals surface area contributed by atoms with Gasteiger partial charge in [0.25, 0.3) is 0 Å². The molecule has 1 aromatic heterocycles. The van der Waals surface area contributed by atoms with Crippen LogP contribution in [0.4, 0.5) is 0 Å². The zero-order chi connectivity index (χ0) is 20.4.